The molecule has 1 aliphatic carbocycles. The third-order valence-electron chi connectivity index (χ3n) is 5.10. The van der Waals surface area contributed by atoms with Gasteiger partial charge >= 0.3 is 0 Å². The molecular formula is C18H29N. The normalized spacial score (nSPS) is 28.8. The smallest absolute Gasteiger partial charge is 0.00955 e. The highest BCUT2D eigenvalue weighted by atomic mass is 14.9. The molecule has 1 aromatic carbocycles. The van der Waals surface area contributed by atoms with Gasteiger partial charge in [-0.15, -0.1) is 0 Å². The maximum Gasteiger partial charge on any atom is 0.00955 e. The predicted molar refractivity (Wildman–Crippen MR) is 83.4 cm³/mol. The number of rotatable bonds is 5. The van der Waals surface area contributed by atoms with E-state index in [2.05, 4.69) is 63.3 Å². The molecule has 0 aromatic heterocycles. The van der Waals surface area contributed by atoms with E-state index in [0.29, 0.717) is 11.8 Å². The van der Waals surface area contributed by atoms with Crippen molar-refractivity contribution >= 4 is 0 Å². The Morgan fingerprint density at radius 1 is 1.11 bits per heavy atom. The molecule has 2 rings (SSSR count). The highest BCUT2D eigenvalue weighted by molar-refractivity contribution is 5.20. The minimum Gasteiger partial charge on any atom is -0.313 e. The summed E-state index contributed by atoms with van der Waals surface area (Å²) in [4.78, 5) is 0. The van der Waals surface area contributed by atoms with Crippen LogP contribution in [0.4, 0.5) is 0 Å². The molecule has 0 spiro atoms. The van der Waals surface area contributed by atoms with Gasteiger partial charge < -0.3 is 5.32 Å². The molecule has 4 atom stereocenters. The van der Waals surface area contributed by atoms with Crippen LogP contribution in [0.3, 0.4) is 0 Å². The van der Waals surface area contributed by atoms with Crippen LogP contribution in [0.1, 0.15) is 52.0 Å². The van der Waals surface area contributed by atoms with E-state index in [1.165, 1.54) is 18.4 Å². The molecule has 1 aliphatic rings. The fourth-order valence-electron chi connectivity index (χ4n) is 3.37. The monoisotopic (exact) mass is 259 g/mol. The molecule has 0 saturated heterocycles. The SMILES string of the molecule is CC(C)C(CNC1CCC(C)C1C)c1ccccc1. The zero-order valence-corrected chi connectivity index (χ0v) is 12.9. The summed E-state index contributed by atoms with van der Waals surface area (Å²) in [6, 6.07) is 11.7. The van der Waals surface area contributed by atoms with Gasteiger partial charge in [0.05, 0.1) is 0 Å². The quantitative estimate of drug-likeness (QED) is 0.823. The van der Waals surface area contributed by atoms with Gasteiger partial charge in [-0.25, -0.2) is 0 Å². The van der Waals surface area contributed by atoms with Crippen molar-refractivity contribution in [3.8, 4) is 0 Å². The average Bonchev–Trinajstić information content (AvgIpc) is 2.72. The lowest BCUT2D eigenvalue weighted by Gasteiger charge is -2.26. The Morgan fingerprint density at radius 3 is 2.32 bits per heavy atom. The summed E-state index contributed by atoms with van der Waals surface area (Å²) in [5.74, 6) is 3.02. The van der Waals surface area contributed by atoms with E-state index in [9.17, 15) is 0 Å². The molecule has 1 N–H and O–H groups in total. The minimum atomic E-state index is 0.629. The minimum absolute atomic E-state index is 0.629. The van der Waals surface area contributed by atoms with E-state index in [1.54, 1.807) is 0 Å². The molecule has 0 bridgehead atoms. The Hall–Kier alpha value is -0.820. The molecule has 1 saturated carbocycles. The summed E-state index contributed by atoms with van der Waals surface area (Å²) in [5.41, 5.74) is 1.48. The van der Waals surface area contributed by atoms with Crippen LogP contribution >= 0.6 is 0 Å². The third kappa shape index (κ3) is 3.60. The van der Waals surface area contributed by atoms with Gasteiger partial charge in [0.25, 0.3) is 0 Å². The Labute approximate surface area is 118 Å². The molecule has 0 radical (unpaired) electrons. The fraction of sp³-hybridized carbons (Fsp3) is 0.667. The van der Waals surface area contributed by atoms with Gasteiger partial charge in [0.2, 0.25) is 0 Å². The van der Waals surface area contributed by atoms with E-state index in [4.69, 9.17) is 0 Å². The van der Waals surface area contributed by atoms with Crippen molar-refractivity contribution in [1.29, 1.82) is 0 Å². The molecule has 0 amide bonds. The lowest BCUT2D eigenvalue weighted by molar-refractivity contribution is 0.348. The Bertz CT molecular complexity index is 371. The maximum atomic E-state index is 3.84. The topological polar surface area (TPSA) is 12.0 Å². The van der Waals surface area contributed by atoms with E-state index < -0.39 is 0 Å². The Kier molecular flexibility index (Phi) is 5.04. The summed E-state index contributed by atoms with van der Waals surface area (Å²) < 4.78 is 0. The highest BCUT2D eigenvalue weighted by Gasteiger charge is 2.30. The van der Waals surface area contributed by atoms with Crippen molar-refractivity contribution in [2.45, 2.75) is 52.5 Å². The van der Waals surface area contributed by atoms with Gasteiger partial charge in [0, 0.05) is 12.6 Å². The summed E-state index contributed by atoms with van der Waals surface area (Å²) in [6.45, 7) is 10.6. The summed E-state index contributed by atoms with van der Waals surface area (Å²) >= 11 is 0. The van der Waals surface area contributed by atoms with E-state index in [0.717, 1.165) is 24.4 Å². The zero-order chi connectivity index (χ0) is 13.8. The lowest BCUT2D eigenvalue weighted by atomic mass is 9.88. The van der Waals surface area contributed by atoms with Crippen LogP contribution in [0, 0.1) is 17.8 Å². The predicted octanol–water partition coefficient (Wildman–Crippen LogP) is 4.45. The van der Waals surface area contributed by atoms with Gasteiger partial charge in [-0.1, -0.05) is 58.0 Å². The number of hydrogen-bond acceptors (Lipinski definition) is 1. The number of benzene rings is 1. The van der Waals surface area contributed by atoms with Crippen LogP contribution in [0.15, 0.2) is 30.3 Å². The maximum absolute atomic E-state index is 3.84. The standard InChI is InChI=1S/C18H29N/c1-13(2)17(16-8-6-5-7-9-16)12-19-18-11-10-14(3)15(18)4/h5-9,13-15,17-19H,10-12H2,1-4H3. The van der Waals surface area contributed by atoms with E-state index >= 15 is 0 Å². The van der Waals surface area contributed by atoms with Crippen molar-refractivity contribution in [2.75, 3.05) is 6.54 Å². The average molecular weight is 259 g/mol. The lowest BCUT2D eigenvalue weighted by Crippen LogP contribution is -2.36. The largest absolute Gasteiger partial charge is 0.313 e. The summed E-state index contributed by atoms with van der Waals surface area (Å²) in [6.07, 6.45) is 2.73. The van der Waals surface area contributed by atoms with Gasteiger partial charge in [0.1, 0.15) is 0 Å². The second-order valence-electron chi connectivity index (χ2n) is 6.69. The third-order valence-corrected chi connectivity index (χ3v) is 5.10. The first-order valence-electron chi connectivity index (χ1n) is 7.88. The van der Waals surface area contributed by atoms with Crippen molar-refractivity contribution in [3.05, 3.63) is 35.9 Å². The van der Waals surface area contributed by atoms with Gasteiger partial charge in [-0.05, 0) is 42.1 Å². The molecule has 1 heteroatoms. The molecule has 0 heterocycles. The molecule has 4 unspecified atom stereocenters. The van der Waals surface area contributed by atoms with Crippen molar-refractivity contribution in [3.63, 3.8) is 0 Å². The van der Waals surface area contributed by atoms with Crippen molar-refractivity contribution in [1.82, 2.24) is 5.32 Å². The van der Waals surface area contributed by atoms with Crippen LogP contribution in [-0.2, 0) is 0 Å². The molecule has 19 heavy (non-hydrogen) atoms. The molecule has 0 aliphatic heterocycles. The Balaban J connectivity index is 1.95. The first kappa shape index (κ1) is 14.6. The van der Waals surface area contributed by atoms with Crippen LogP contribution in [0.25, 0.3) is 0 Å². The van der Waals surface area contributed by atoms with E-state index in [-0.39, 0.29) is 0 Å². The fourth-order valence-corrected chi connectivity index (χ4v) is 3.37. The summed E-state index contributed by atoms with van der Waals surface area (Å²) in [5, 5.41) is 3.84. The molecular weight excluding hydrogens is 230 g/mol. The van der Waals surface area contributed by atoms with Gasteiger partial charge in [-0.3, -0.25) is 0 Å². The molecule has 1 nitrogen and oxygen atoms in total. The van der Waals surface area contributed by atoms with Crippen LogP contribution in [0.5, 0.6) is 0 Å². The second kappa shape index (κ2) is 6.56. The number of nitrogens with one attached hydrogen (secondary N) is 1. The number of hydrogen-bond donors (Lipinski definition) is 1. The first-order chi connectivity index (χ1) is 9.09. The first-order valence-corrected chi connectivity index (χ1v) is 7.88. The van der Waals surface area contributed by atoms with Crippen LogP contribution in [-0.4, -0.2) is 12.6 Å². The van der Waals surface area contributed by atoms with E-state index in [1.807, 2.05) is 0 Å². The highest BCUT2D eigenvalue weighted by Crippen LogP contribution is 2.32. The van der Waals surface area contributed by atoms with Crippen molar-refractivity contribution in [2.24, 2.45) is 17.8 Å². The molecule has 1 aromatic rings. The van der Waals surface area contributed by atoms with Crippen LogP contribution < -0.4 is 5.32 Å². The van der Waals surface area contributed by atoms with Crippen LogP contribution in [0.2, 0.25) is 0 Å². The zero-order valence-electron chi connectivity index (χ0n) is 12.9. The molecule has 1 fully saturated rings. The Morgan fingerprint density at radius 2 is 1.79 bits per heavy atom. The van der Waals surface area contributed by atoms with Gasteiger partial charge in [-0.2, -0.15) is 0 Å². The van der Waals surface area contributed by atoms with Crippen molar-refractivity contribution < 1.29 is 0 Å². The second-order valence-corrected chi connectivity index (χ2v) is 6.69. The summed E-state index contributed by atoms with van der Waals surface area (Å²) in [7, 11) is 0. The van der Waals surface area contributed by atoms with Gasteiger partial charge in [0.15, 0.2) is 0 Å². The molecule has 106 valence electrons.